The smallest absolute Gasteiger partial charge is 0.251 e. The van der Waals surface area contributed by atoms with Gasteiger partial charge in [0.05, 0.1) is 6.61 Å². The first-order chi connectivity index (χ1) is 14.6. The van der Waals surface area contributed by atoms with Gasteiger partial charge in [0, 0.05) is 48.5 Å². The molecule has 8 heteroatoms. The molecule has 1 aromatic heterocycles. The minimum atomic E-state index is -0.130. The van der Waals surface area contributed by atoms with Gasteiger partial charge in [0.1, 0.15) is 11.6 Å². The number of carbonyl (C=O) groups is 1. The Morgan fingerprint density at radius 3 is 2.77 bits per heavy atom. The Morgan fingerprint density at radius 2 is 2.00 bits per heavy atom. The highest BCUT2D eigenvalue weighted by Gasteiger charge is 2.29. The standard InChI is InChI=1S/C22H22ClN5O2/c1-24-21(29)16-3-2-4-18(11-16)26-20-9-10-25-22(27-20)28-12-15(13-28)14-30-19-7-5-17(23)6-8-19/h2-11,15H,12-14H2,1H3,(H,24,29)(H,25,26,27). The molecule has 0 atom stereocenters. The van der Waals surface area contributed by atoms with E-state index >= 15 is 0 Å². The number of hydrogen-bond donors (Lipinski definition) is 2. The van der Waals surface area contributed by atoms with Crippen molar-refractivity contribution in [2.45, 2.75) is 0 Å². The summed E-state index contributed by atoms with van der Waals surface area (Å²) in [5.74, 6) is 2.46. The van der Waals surface area contributed by atoms with Crippen LogP contribution in [0.3, 0.4) is 0 Å². The van der Waals surface area contributed by atoms with Crippen LogP contribution in [0, 0.1) is 5.92 Å². The van der Waals surface area contributed by atoms with E-state index in [1.165, 1.54) is 0 Å². The van der Waals surface area contributed by atoms with Gasteiger partial charge < -0.3 is 20.3 Å². The lowest BCUT2D eigenvalue weighted by Gasteiger charge is -2.39. The fraction of sp³-hybridized carbons (Fsp3) is 0.227. The highest BCUT2D eigenvalue weighted by Crippen LogP contribution is 2.25. The van der Waals surface area contributed by atoms with Crippen LogP contribution < -0.4 is 20.3 Å². The predicted molar refractivity (Wildman–Crippen MR) is 118 cm³/mol. The molecule has 2 aromatic carbocycles. The van der Waals surface area contributed by atoms with Gasteiger partial charge in [0.25, 0.3) is 5.91 Å². The normalized spacial score (nSPS) is 13.5. The summed E-state index contributed by atoms with van der Waals surface area (Å²) >= 11 is 5.89. The number of amides is 1. The molecule has 154 valence electrons. The highest BCUT2D eigenvalue weighted by atomic mass is 35.5. The topological polar surface area (TPSA) is 79.4 Å². The van der Waals surface area contributed by atoms with E-state index in [-0.39, 0.29) is 5.91 Å². The second-order valence-corrected chi connectivity index (χ2v) is 7.50. The summed E-state index contributed by atoms with van der Waals surface area (Å²) in [7, 11) is 1.61. The number of rotatable bonds is 7. The molecule has 0 aliphatic carbocycles. The zero-order valence-electron chi connectivity index (χ0n) is 16.5. The summed E-state index contributed by atoms with van der Waals surface area (Å²) < 4.78 is 5.82. The molecule has 0 unspecified atom stereocenters. The largest absolute Gasteiger partial charge is 0.493 e. The molecular formula is C22H22ClN5O2. The summed E-state index contributed by atoms with van der Waals surface area (Å²) in [6.45, 7) is 2.31. The lowest BCUT2D eigenvalue weighted by atomic mass is 10.0. The van der Waals surface area contributed by atoms with Crippen molar-refractivity contribution in [1.82, 2.24) is 15.3 Å². The van der Waals surface area contributed by atoms with Gasteiger partial charge in [-0.05, 0) is 48.5 Å². The monoisotopic (exact) mass is 423 g/mol. The maximum atomic E-state index is 11.8. The van der Waals surface area contributed by atoms with Crippen molar-refractivity contribution in [3.05, 3.63) is 71.4 Å². The zero-order valence-corrected chi connectivity index (χ0v) is 17.3. The third-order valence-electron chi connectivity index (χ3n) is 4.81. The van der Waals surface area contributed by atoms with Crippen LogP contribution >= 0.6 is 11.6 Å². The molecule has 1 fully saturated rings. The SMILES string of the molecule is CNC(=O)c1cccc(Nc2ccnc(N3CC(COc4ccc(Cl)cc4)C3)n2)c1. The Kier molecular flexibility index (Phi) is 5.99. The van der Waals surface area contributed by atoms with E-state index < -0.39 is 0 Å². The molecule has 4 rings (SSSR count). The van der Waals surface area contributed by atoms with Crippen LogP contribution in [0.2, 0.25) is 5.02 Å². The Bertz CT molecular complexity index is 1020. The lowest BCUT2D eigenvalue weighted by molar-refractivity contribution is 0.0963. The molecule has 1 amide bonds. The zero-order chi connectivity index (χ0) is 20.9. The molecule has 1 aliphatic heterocycles. The van der Waals surface area contributed by atoms with Crippen LogP contribution in [0.25, 0.3) is 0 Å². The van der Waals surface area contributed by atoms with Crippen LogP contribution in [0.5, 0.6) is 5.75 Å². The number of halogens is 1. The van der Waals surface area contributed by atoms with Gasteiger partial charge in [-0.3, -0.25) is 4.79 Å². The average molecular weight is 424 g/mol. The Balaban J connectivity index is 1.32. The number of aromatic nitrogens is 2. The fourth-order valence-electron chi connectivity index (χ4n) is 3.18. The Hall–Kier alpha value is -3.32. The second-order valence-electron chi connectivity index (χ2n) is 7.06. The van der Waals surface area contributed by atoms with Gasteiger partial charge in [-0.15, -0.1) is 0 Å². The summed E-state index contributed by atoms with van der Waals surface area (Å²) in [5.41, 5.74) is 1.38. The first-order valence-electron chi connectivity index (χ1n) is 9.66. The summed E-state index contributed by atoms with van der Waals surface area (Å²) in [5, 5.41) is 6.56. The number of nitrogens with zero attached hydrogens (tertiary/aromatic N) is 3. The molecule has 2 heterocycles. The number of nitrogens with one attached hydrogen (secondary N) is 2. The van der Waals surface area contributed by atoms with Crippen molar-refractivity contribution in [3.63, 3.8) is 0 Å². The Morgan fingerprint density at radius 1 is 1.20 bits per heavy atom. The van der Waals surface area contributed by atoms with Crippen molar-refractivity contribution >= 4 is 35.0 Å². The number of hydrogen-bond acceptors (Lipinski definition) is 6. The van der Waals surface area contributed by atoms with Gasteiger partial charge in [-0.2, -0.15) is 4.98 Å². The van der Waals surface area contributed by atoms with E-state index in [2.05, 4.69) is 25.5 Å². The predicted octanol–water partition coefficient (Wildman–Crippen LogP) is 3.75. The third kappa shape index (κ3) is 4.80. The number of ether oxygens (including phenoxy) is 1. The number of anilines is 3. The molecule has 2 N–H and O–H groups in total. The van der Waals surface area contributed by atoms with E-state index in [4.69, 9.17) is 16.3 Å². The van der Waals surface area contributed by atoms with E-state index in [0.29, 0.717) is 34.9 Å². The van der Waals surface area contributed by atoms with Crippen LogP contribution in [-0.2, 0) is 0 Å². The summed E-state index contributed by atoms with van der Waals surface area (Å²) in [6.07, 6.45) is 1.73. The molecule has 0 bridgehead atoms. The lowest BCUT2D eigenvalue weighted by Crippen LogP contribution is -2.50. The van der Waals surface area contributed by atoms with E-state index in [1.54, 1.807) is 31.4 Å². The summed E-state index contributed by atoms with van der Waals surface area (Å²) in [6, 6.07) is 16.5. The minimum Gasteiger partial charge on any atom is -0.493 e. The minimum absolute atomic E-state index is 0.130. The van der Waals surface area contributed by atoms with Crippen molar-refractivity contribution < 1.29 is 9.53 Å². The molecule has 0 radical (unpaired) electrons. The van der Waals surface area contributed by atoms with Crippen LogP contribution in [0.4, 0.5) is 17.5 Å². The van der Waals surface area contributed by atoms with Crippen molar-refractivity contribution in [3.8, 4) is 5.75 Å². The molecule has 7 nitrogen and oxygen atoms in total. The van der Waals surface area contributed by atoms with Gasteiger partial charge in [0.2, 0.25) is 5.95 Å². The van der Waals surface area contributed by atoms with Gasteiger partial charge in [-0.25, -0.2) is 4.98 Å². The number of carbonyl (C=O) groups excluding carboxylic acids is 1. The number of benzene rings is 2. The molecule has 30 heavy (non-hydrogen) atoms. The second kappa shape index (κ2) is 9.00. The van der Waals surface area contributed by atoms with Crippen LogP contribution in [0.15, 0.2) is 60.8 Å². The maximum Gasteiger partial charge on any atom is 0.251 e. The van der Waals surface area contributed by atoms with E-state index in [9.17, 15) is 4.79 Å². The molecule has 3 aromatic rings. The van der Waals surface area contributed by atoms with Gasteiger partial charge in [-0.1, -0.05) is 17.7 Å². The van der Waals surface area contributed by atoms with Crippen molar-refractivity contribution in [2.24, 2.45) is 5.92 Å². The Labute approximate surface area is 180 Å². The van der Waals surface area contributed by atoms with E-state index in [0.717, 1.165) is 24.5 Å². The van der Waals surface area contributed by atoms with Crippen molar-refractivity contribution in [2.75, 3.05) is 37.0 Å². The molecule has 0 saturated carbocycles. The van der Waals surface area contributed by atoms with Crippen LogP contribution in [0.1, 0.15) is 10.4 Å². The van der Waals surface area contributed by atoms with Crippen LogP contribution in [-0.4, -0.2) is 42.6 Å². The van der Waals surface area contributed by atoms with Crippen molar-refractivity contribution in [1.29, 1.82) is 0 Å². The first-order valence-corrected chi connectivity index (χ1v) is 10.0. The highest BCUT2D eigenvalue weighted by molar-refractivity contribution is 6.30. The molecule has 1 aliphatic rings. The molecule has 0 spiro atoms. The fourth-order valence-corrected chi connectivity index (χ4v) is 3.31. The van der Waals surface area contributed by atoms with Gasteiger partial charge >= 0.3 is 0 Å². The first kappa shape index (κ1) is 20.0. The molecule has 1 saturated heterocycles. The van der Waals surface area contributed by atoms with E-state index in [1.807, 2.05) is 36.4 Å². The quantitative estimate of drug-likeness (QED) is 0.602. The molecular weight excluding hydrogens is 402 g/mol. The maximum absolute atomic E-state index is 11.8. The summed E-state index contributed by atoms with van der Waals surface area (Å²) in [4.78, 5) is 22.9. The average Bonchev–Trinajstić information content (AvgIpc) is 2.74. The van der Waals surface area contributed by atoms with Gasteiger partial charge in [0.15, 0.2) is 0 Å². The third-order valence-corrected chi connectivity index (χ3v) is 5.06.